The maximum absolute atomic E-state index is 13.1. The van der Waals surface area contributed by atoms with Crippen molar-refractivity contribution < 1.29 is 23.8 Å². The number of rotatable bonds is 2. The van der Waals surface area contributed by atoms with Crippen LogP contribution in [0.5, 0.6) is 11.5 Å². The standard InChI is InChI=1S/C12H13FO4/c1-2-16-12(15)10-4-3-7-5-8(13)9(14)6-11(7)17-10/h5-6,10,14H,2-4H2,1H3/t10-/m1/s1. The van der Waals surface area contributed by atoms with Crippen LogP contribution in [0.3, 0.4) is 0 Å². The first kappa shape index (κ1) is 11.7. The van der Waals surface area contributed by atoms with Crippen LogP contribution in [-0.4, -0.2) is 23.8 Å². The zero-order valence-corrected chi connectivity index (χ0v) is 9.40. The molecule has 1 atom stereocenters. The molecule has 1 N–H and O–H groups in total. The second-order valence-electron chi connectivity index (χ2n) is 3.81. The molecule has 17 heavy (non-hydrogen) atoms. The quantitative estimate of drug-likeness (QED) is 0.801. The van der Waals surface area contributed by atoms with Crippen LogP contribution < -0.4 is 4.74 Å². The Morgan fingerprint density at radius 2 is 2.41 bits per heavy atom. The molecule has 0 fully saturated rings. The normalized spacial score (nSPS) is 18.1. The molecule has 1 aromatic rings. The van der Waals surface area contributed by atoms with Gasteiger partial charge in [-0.2, -0.15) is 0 Å². The number of ether oxygens (including phenoxy) is 2. The zero-order chi connectivity index (χ0) is 12.4. The summed E-state index contributed by atoms with van der Waals surface area (Å²) in [5, 5.41) is 9.23. The average molecular weight is 240 g/mol. The van der Waals surface area contributed by atoms with E-state index in [0.29, 0.717) is 30.8 Å². The fourth-order valence-electron chi connectivity index (χ4n) is 1.79. The van der Waals surface area contributed by atoms with Gasteiger partial charge in [0.25, 0.3) is 0 Å². The van der Waals surface area contributed by atoms with E-state index in [-0.39, 0.29) is 0 Å². The van der Waals surface area contributed by atoms with Crippen molar-refractivity contribution in [1.29, 1.82) is 0 Å². The van der Waals surface area contributed by atoms with E-state index >= 15 is 0 Å². The van der Waals surface area contributed by atoms with Gasteiger partial charge in [-0.05, 0) is 31.4 Å². The average Bonchev–Trinajstić information content (AvgIpc) is 2.30. The number of fused-ring (bicyclic) bond motifs is 1. The minimum Gasteiger partial charge on any atom is -0.505 e. The van der Waals surface area contributed by atoms with Crippen molar-refractivity contribution in [2.75, 3.05) is 6.61 Å². The summed E-state index contributed by atoms with van der Waals surface area (Å²) in [5.74, 6) is -1.25. The zero-order valence-electron chi connectivity index (χ0n) is 9.40. The van der Waals surface area contributed by atoms with Crippen LogP contribution in [0.2, 0.25) is 0 Å². The van der Waals surface area contributed by atoms with E-state index in [0.717, 1.165) is 0 Å². The Balaban J connectivity index is 2.18. The van der Waals surface area contributed by atoms with Crippen LogP contribution >= 0.6 is 0 Å². The van der Waals surface area contributed by atoms with Gasteiger partial charge in [-0.1, -0.05) is 0 Å². The number of aryl methyl sites for hydroxylation is 1. The molecule has 0 aliphatic carbocycles. The Kier molecular flexibility index (Phi) is 3.17. The van der Waals surface area contributed by atoms with Crippen LogP contribution in [0.4, 0.5) is 4.39 Å². The van der Waals surface area contributed by atoms with Crippen molar-refractivity contribution in [2.45, 2.75) is 25.9 Å². The van der Waals surface area contributed by atoms with E-state index in [1.54, 1.807) is 6.92 Å². The maximum atomic E-state index is 13.1. The molecule has 5 heteroatoms. The molecule has 0 amide bonds. The number of aromatic hydroxyl groups is 1. The van der Waals surface area contributed by atoms with Crippen LogP contribution in [-0.2, 0) is 16.0 Å². The minimum atomic E-state index is -0.679. The molecule has 0 aromatic heterocycles. The number of hydrogen-bond donors (Lipinski definition) is 1. The molecule has 92 valence electrons. The van der Waals surface area contributed by atoms with Crippen molar-refractivity contribution in [3.8, 4) is 11.5 Å². The van der Waals surface area contributed by atoms with E-state index in [9.17, 15) is 14.3 Å². The van der Waals surface area contributed by atoms with Gasteiger partial charge < -0.3 is 14.6 Å². The summed E-state index contributed by atoms with van der Waals surface area (Å²) in [5.41, 5.74) is 0.654. The number of esters is 1. The lowest BCUT2D eigenvalue weighted by atomic mass is 10.0. The van der Waals surface area contributed by atoms with E-state index in [1.807, 2.05) is 0 Å². The molecule has 0 bridgehead atoms. The summed E-state index contributed by atoms with van der Waals surface area (Å²) in [7, 11) is 0. The number of carbonyl (C=O) groups is 1. The number of phenolic OH excluding ortho intramolecular Hbond substituents is 1. The molecule has 1 aromatic carbocycles. The van der Waals surface area contributed by atoms with Crippen molar-refractivity contribution in [2.24, 2.45) is 0 Å². The van der Waals surface area contributed by atoms with Gasteiger partial charge in [0.1, 0.15) is 5.75 Å². The summed E-state index contributed by atoms with van der Waals surface area (Å²) in [4.78, 5) is 11.5. The third-order valence-electron chi connectivity index (χ3n) is 2.62. The SMILES string of the molecule is CCOC(=O)[C@H]1CCc2cc(F)c(O)cc2O1. The Morgan fingerprint density at radius 1 is 1.65 bits per heavy atom. The highest BCUT2D eigenvalue weighted by molar-refractivity contribution is 5.75. The predicted octanol–water partition coefficient (Wildman–Crippen LogP) is 1.79. The summed E-state index contributed by atoms with van der Waals surface area (Å²) >= 11 is 0. The number of hydrogen-bond acceptors (Lipinski definition) is 4. The van der Waals surface area contributed by atoms with Crippen LogP contribution in [0.15, 0.2) is 12.1 Å². The van der Waals surface area contributed by atoms with Gasteiger partial charge in [-0.3, -0.25) is 0 Å². The predicted molar refractivity (Wildman–Crippen MR) is 57.4 cm³/mol. The first-order valence-electron chi connectivity index (χ1n) is 5.46. The first-order valence-corrected chi connectivity index (χ1v) is 5.46. The van der Waals surface area contributed by atoms with E-state index < -0.39 is 23.6 Å². The Hall–Kier alpha value is -1.78. The van der Waals surface area contributed by atoms with Gasteiger partial charge in [0.05, 0.1) is 6.61 Å². The van der Waals surface area contributed by atoms with Gasteiger partial charge in [0, 0.05) is 6.07 Å². The highest BCUT2D eigenvalue weighted by atomic mass is 19.1. The molecule has 2 rings (SSSR count). The lowest BCUT2D eigenvalue weighted by Crippen LogP contribution is -2.32. The molecule has 0 unspecified atom stereocenters. The summed E-state index contributed by atoms with van der Waals surface area (Å²) in [6.45, 7) is 2.01. The van der Waals surface area contributed by atoms with Gasteiger partial charge in [-0.25, -0.2) is 9.18 Å². The molecule has 0 spiro atoms. The second-order valence-corrected chi connectivity index (χ2v) is 3.81. The van der Waals surface area contributed by atoms with E-state index in [4.69, 9.17) is 9.47 Å². The van der Waals surface area contributed by atoms with Gasteiger partial charge in [-0.15, -0.1) is 0 Å². The molecule has 0 saturated heterocycles. The number of carbonyl (C=O) groups excluding carboxylic acids is 1. The highest BCUT2D eigenvalue weighted by Gasteiger charge is 2.28. The monoisotopic (exact) mass is 240 g/mol. The van der Waals surface area contributed by atoms with Crippen molar-refractivity contribution >= 4 is 5.97 Å². The Morgan fingerprint density at radius 3 is 3.12 bits per heavy atom. The molecule has 0 radical (unpaired) electrons. The fraction of sp³-hybridized carbons (Fsp3) is 0.417. The highest BCUT2D eigenvalue weighted by Crippen LogP contribution is 2.33. The number of phenols is 1. The van der Waals surface area contributed by atoms with E-state index in [1.165, 1.54) is 12.1 Å². The number of halogens is 1. The molecule has 1 aliphatic heterocycles. The van der Waals surface area contributed by atoms with Gasteiger partial charge in [0.15, 0.2) is 17.7 Å². The lowest BCUT2D eigenvalue weighted by molar-refractivity contribution is -0.152. The minimum absolute atomic E-state index is 0.292. The second kappa shape index (κ2) is 4.61. The topological polar surface area (TPSA) is 55.8 Å². The molecule has 0 saturated carbocycles. The first-order chi connectivity index (χ1) is 8.11. The third-order valence-corrected chi connectivity index (χ3v) is 2.62. The van der Waals surface area contributed by atoms with Gasteiger partial charge >= 0.3 is 5.97 Å². The molecule has 1 heterocycles. The van der Waals surface area contributed by atoms with Crippen molar-refractivity contribution in [1.82, 2.24) is 0 Å². The van der Waals surface area contributed by atoms with Crippen LogP contribution in [0, 0.1) is 5.82 Å². The largest absolute Gasteiger partial charge is 0.505 e. The Bertz CT molecular complexity index is 444. The van der Waals surface area contributed by atoms with E-state index in [2.05, 4.69) is 0 Å². The molecule has 4 nitrogen and oxygen atoms in total. The molecular weight excluding hydrogens is 227 g/mol. The summed E-state index contributed by atoms with van der Waals surface area (Å²) in [6.07, 6.45) is 0.304. The molecular formula is C12H13FO4. The van der Waals surface area contributed by atoms with Crippen LogP contribution in [0.25, 0.3) is 0 Å². The Labute approximate surface area is 98.0 Å². The summed E-state index contributed by atoms with van der Waals surface area (Å²) < 4.78 is 23.3. The van der Waals surface area contributed by atoms with Crippen LogP contribution in [0.1, 0.15) is 18.9 Å². The number of benzene rings is 1. The maximum Gasteiger partial charge on any atom is 0.347 e. The molecule has 1 aliphatic rings. The fourth-order valence-corrected chi connectivity index (χ4v) is 1.79. The smallest absolute Gasteiger partial charge is 0.347 e. The lowest BCUT2D eigenvalue weighted by Gasteiger charge is -2.24. The van der Waals surface area contributed by atoms with Crippen molar-refractivity contribution in [3.63, 3.8) is 0 Å². The van der Waals surface area contributed by atoms with Crippen molar-refractivity contribution in [3.05, 3.63) is 23.5 Å². The summed E-state index contributed by atoms with van der Waals surface area (Å²) in [6, 6.07) is 2.42. The van der Waals surface area contributed by atoms with Gasteiger partial charge in [0.2, 0.25) is 0 Å². The third kappa shape index (κ3) is 2.33.